The maximum Gasteiger partial charge on any atom is 0.471 e. The van der Waals surface area contributed by atoms with Crippen LogP contribution in [0.5, 0.6) is 0 Å². The number of amides is 1. The molecule has 0 fully saturated rings. The highest BCUT2D eigenvalue weighted by molar-refractivity contribution is 7.89. The fraction of sp³-hybridized carbons (Fsp3) is 0.350. The van der Waals surface area contributed by atoms with Gasteiger partial charge in [0.2, 0.25) is 10.0 Å². The predicted molar refractivity (Wildman–Crippen MR) is 102 cm³/mol. The van der Waals surface area contributed by atoms with Crippen LogP contribution in [0.3, 0.4) is 0 Å². The zero-order valence-corrected chi connectivity index (χ0v) is 17.4. The lowest BCUT2D eigenvalue weighted by molar-refractivity contribution is -0.186. The molecule has 3 rings (SSSR count). The lowest BCUT2D eigenvalue weighted by Crippen LogP contribution is -2.43. The van der Waals surface area contributed by atoms with E-state index in [1.165, 1.54) is 37.3 Å². The van der Waals surface area contributed by atoms with Gasteiger partial charge in [0.25, 0.3) is 0 Å². The van der Waals surface area contributed by atoms with Crippen molar-refractivity contribution in [2.24, 2.45) is 0 Å². The molecule has 2 aromatic carbocycles. The molecule has 0 spiro atoms. The smallest absolute Gasteiger partial charge is 0.330 e. The Hall–Kier alpha value is -2.60. The molecule has 0 saturated heterocycles. The van der Waals surface area contributed by atoms with Crippen LogP contribution < -0.4 is 4.72 Å². The third kappa shape index (κ3) is 5.23. The fourth-order valence-electron chi connectivity index (χ4n) is 3.38. The van der Waals surface area contributed by atoms with E-state index < -0.39 is 39.9 Å². The maximum atomic E-state index is 12.7. The number of halogens is 6. The van der Waals surface area contributed by atoms with Crippen LogP contribution in [0, 0.1) is 0 Å². The highest BCUT2D eigenvalue weighted by Crippen LogP contribution is 2.30. The van der Waals surface area contributed by atoms with E-state index in [1.807, 2.05) is 0 Å². The molecule has 32 heavy (non-hydrogen) atoms. The average molecular weight is 480 g/mol. The van der Waals surface area contributed by atoms with Crippen molar-refractivity contribution in [1.29, 1.82) is 0 Å². The number of nitrogens with zero attached hydrogens (tertiary/aromatic N) is 1. The molecule has 12 heteroatoms. The largest absolute Gasteiger partial charge is 0.471 e. The van der Waals surface area contributed by atoms with E-state index in [9.17, 15) is 39.6 Å². The second-order valence-electron chi connectivity index (χ2n) is 7.37. The number of rotatable bonds is 4. The van der Waals surface area contributed by atoms with Crippen LogP contribution in [-0.4, -0.2) is 31.9 Å². The molecule has 0 aromatic heterocycles. The van der Waals surface area contributed by atoms with Gasteiger partial charge >= 0.3 is 18.3 Å². The topological polar surface area (TPSA) is 66.5 Å². The summed E-state index contributed by atoms with van der Waals surface area (Å²) in [4.78, 5) is 11.9. The first-order valence-corrected chi connectivity index (χ1v) is 10.8. The molecule has 1 atom stereocenters. The maximum absolute atomic E-state index is 12.7. The Bertz CT molecular complexity index is 1110. The van der Waals surface area contributed by atoms with Gasteiger partial charge in [-0.05, 0) is 54.3 Å². The summed E-state index contributed by atoms with van der Waals surface area (Å²) in [6.07, 6.45) is -9.45. The highest BCUT2D eigenvalue weighted by atomic mass is 32.2. The number of fused-ring (bicyclic) bond motifs is 1. The molecular formula is C20H18F6N2O3S. The van der Waals surface area contributed by atoms with Crippen molar-refractivity contribution in [3.8, 4) is 0 Å². The first kappa shape index (κ1) is 24.1. The average Bonchev–Trinajstić information content (AvgIpc) is 2.71. The minimum Gasteiger partial charge on any atom is -0.330 e. The van der Waals surface area contributed by atoms with Crippen molar-refractivity contribution in [1.82, 2.24) is 9.62 Å². The first-order chi connectivity index (χ1) is 14.7. The van der Waals surface area contributed by atoms with Crippen LogP contribution in [-0.2, 0) is 34.0 Å². The molecule has 0 radical (unpaired) electrons. The molecule has 2 aromatic rings. The van der Waals surface area contributed by atoms with Crippen LogP contribution in [0.25, 0.3) is 0 Å². The van der Waals surface area contributed by atoms with Crippen molar-refractivity contribution in [3.63, 3.8) is 0 Å². The number of sulfonamides is 1. The van der Waals surface area contributed by atoms with Gasteiger partial charge in [-0.2, -0.15) is 26.3 Å². The van der Waals surface area contributed by atoms with E-state index in [0.29, 0.717) is 21.6 Å². The Morgan fingerprint density at radius 2 is 1.62 bits per heavy atom. The van der Waals surface area contributed by atoms with E-state index in [-0.39, 0.29) is 24.4 Å². The Balaban J connectivity index is 1.75. The van der Waals surface area contributed by atoms with E-state index in [4.69, 9.17) is 0 Å². The van der Waals surface area contributed by atoms with Gasteiger partial charge in [0, 0.05) is 19.1 Å². The third-order valence-corrected chi connectivity index (χ3v) is 6.64. The first-order valence-electron chi connectivity index (χ1n) is 9.36. The molecular weight excluding hydrogens is 462 g/mol. The fourth-order valence-corrected chi connectivity index (χ4v) is 4.66. The standard InChI is InChI=1S/C20H18F6N2O3S/c1-12(13-2-5-16(6-3-13)19(21,22)23)27-32(30,31)17-7-4-15-11-28(9-8-14(15)10-17)18(29)20(24,25)26/h2-7,10,12,27H,8-9,11H2,1H3/t12-/m0/s1. The monoisotopic (exact) mass is 480 g/mol. The molecule has 1 aliphatic rings. The summed E-state index contributed by atoms with van der Waals surface area (Å²) in [5.74, 6) is -1.95. The molecule has 5 nitrogen and oxygen atoms in total. The number of nitrogens with one attached hydrogen (secondary N) is 1. The molecule has 0 aliphatic carbocycles. The number of benzene rings is 2. The van der Waals surface area contributed by atoms with Gasteiger partial charge in [-0.25, -0.2) is 13.1 Å². The minimum absolute atomic E-state index is 0.0506. The number of alkyl halides is 6. The lowest BCUT2D eigenvalue weighted by atomic mass is 10.00. The lowest BCUT2D eigenvalue weighted by Gasteiger charge is -2.29. The van der Waals surface area contributed by atoms with Crippen molar-refractivity contribution in [2.45, 2.75) is 43.2 Å². The van der Waals surface area contributed by atoms with E-state index in [2.05, 4.69) is 4.72 Å². The van der Waals surface area contributed by atoms with Crippen molar-refractivity contribution in [3.05, 3.63) is 64.7 Å². The summed E-state index contributed by atoms with van der Waals surface area (Å²) in [7, 11) is -4.07. The summed E-state index contributed by atoms with van der Waals surface area (Å²) in [6.45, 7) is 0.979. The molecule has 0 saturated carbocycles. The Morgan fingerprint density at radius 1 is 1.00 bits per heavy atom. The van der Waals surface area contributed by atoms with E-state index in [1.54, 1.807) is 0 Å². The Morgan fingerprint density at radius 3 is 2.19 bits per heavy atom. The van der Waals surface area contributed by atoms with Crippen LogP contribution in [0.2, 0.25) is 0 Å². The minimum atomic E-state index is -4.99. The summed E-state index contributed by atoms with van der Waals surface area (Å²) in [5.41, 5.74) is 0.370. The highest BCUT2D eigenvalue weighted by Gasteiger charge is 2.43. The van der Waals surface area contributed by atoms with Gasteiger partial charge in [0.1, 0.15) is 0 Å². The molecule has 1 heterocycles. The third-order valence-electron chi connectivity index (χ3n) is 5.10. The van der Waals surface area contributed by atoms with Crippen molar-refractivity contribution < 1.29 is 39.6 Å². The van der Waals surface area contributed by atoms with Gasteiger partial charge in [-0.3, -0.25) is 4.79 Å². The quantitative estimate of drug-likeness (QED) is 0.668. The molecule has 174 valence electrons. The molecule has 1 N–H and O–H groups in total. The molecule has 0 unspecified atom stereocenters. The van der Waals surface area contributed by atoms with Crippen LogP contribution >= 0.6 is 0 Å². The Labute approximate surface area is 180 Å². The van der Waals surface area contributed by atoms with Gasteiger partial charge in [-0.1, -0.05) is 18.2 Å². The predicted octanol–water partition coefficient (Wildman–Crippen LogP) is 4.19. The van der Waals surface area contributed by atoms with Crippen molar-refractivity contribution >= 4 is 15.9 Å². The number of hydrogen-bond donors (Lipinski definition) is 1. The Kier molecular flexibility index (Phi) is 6.31. The van der Waals surface area contributed by atoms with Gasteiger partial charge in [0.05, 0.1) is 10.5 Å². The zero-order chi connectivity index (χ0) is 23.9. The molecule has 0 bridgehead atoms. The zero-order valence-electron chi connectivity index (χ0n) is 16.6. The van der Waals surface area contributed by atoms with E-state index >= 15 is 0 Å². The number of carbonyl (C=O) groups excluding carboxylic acids is 1. The van der Waals surface area contributed by atoms with Crippen molar-refractivity contribution in [2.75, 3.05) is 6.54 Å². The van der Waals surface area contributed by atoms with Crippen LogP contribution in [0.4, 0.5) is 26.3 Å². The summed E-state index contributed by atoms with van der Waals surface area (Å²) in [6, 6.07) is 7.11. The van der Waals surface area contributed by atoms with Gasteiger partial charge in [-0.15, -0.1) is 0 Å². The van der Waals surface area contributed by atoms with E-state index in [0.717, 1.165) is 12.1 Å². The summed E-state index contributed by atoms with van der Waals surface area (Å²) in [5, 5.41) is 0. The van der Waals surface area contributed by atoms with Crippen LogP contribution in [0.15, 0.2) is 47.4 Å². The number of carbonyl (C=O) groups is 1. The SMILES string of the molecule is C[C@H](NS(=O)(=O)c1ccc2c(c1)CCN(C(=O)C(F)(F)F)C2)c1ccc(C(F)(F)F)cc1. The second kappa shape index (κ2) is 8.39. The summed E-state index contributed by atoms with van der Waals surface area (Å²) >= 11 is 0. The molecule has 1 amide bonds. The molecule has 1 aliphatic heterocycles. The second-order valence-corrected chi connectivity index (χ2v) is 9.08. The normalized spacial score (nSPS) is 15.9. The van der Waals surface area contributed by atoms with Gasteiger partial charge < -0.3 is 4.90 Å². The summed E-state index contributed by atoms with van der Waals surface area (Å²) < 4.78 is 104. The van der Waals surface area contributed by atoms with Crippen LogP contribution in [0.1, 0.15) is 35.2 Å². The number of hydrogen-bond acceptors (Lipinski definition) is 3. The van der Waals surface area contributed by atoms with Gasteiger partial charge in [0.15, 0.2) is 0 Å².